The van der Waals surface area contributed by atoms with Gasteiger partial charge in [-0.1, -0.05) is 24.3 Å². The van der Waals surface area contributed by atoms with Crippen LogP contribution in [0.4, 0.5) is 4.79 Å². The number of benzene rings is 2. The second-order valence-corrected chi connectivity index (χ2v) is 6.57. The molecule has 1 heterocycles. The molecule has 1 unspecified atom stereocenters. The largest absolute Gasteiger partial charge is 0.497 e. The van der Waals surface area contributed by atoms with E-state index < -0.39 is 0 Å². The molecule has 27 heavy (non-hydrogen) atoms. The van der Waals surface area contributed by atoms with Gasteiger partial charge in [-0.05, 0) is 48.2 Å². The fourth-order valence-corrected chi connectivity index (χ4v) is 3.45. The molecular formula is C21H25N3O3. The third-order valence-electron chi connectivity index (χ3n) is 4.85. The molecule has 1 aliphatic rings. The SMILES string of the molecule is CNC(=O)c1cccc(CNC(=O)N2CCCC2c2cccc(OC)c2)c1. The van der Waals surface area contributed by atoms with Crippen molar-refractivity contribution in [3.05, 3.63) is 65.2 Å². The van der Waals surface area contributed by atoms with Gasteiger partial charge in [-0.25, -0.2) is 4.79 Å². The summed E-state index contributed by atoms with van der Waals surface area (Å²) in [4.78, 5) is 26.4. The van der Waals surface area contributed by atoms with Gasteiger partial charge in [0, 0.05) is 25.7 Å². The van der Waals surface area contributed by atoms with Crippen LogP contribution in [-0.4, -0.2) is 37.5 Å². The Balaban J connectivity index is 1.66. The molecule has 6 heteroatoms. The van der Waals surface area contributed by atoms with Crippen LogP contribution < -0.4 is 15.4 Å². The van der Waals surface area contributed by atoms with Crippen LogP contribution in [0.5, 0.6) is 5.75 Å². The minimum Gasteiger partial charge on any atom is -0.497 e. The molecule has 2 aromatic rings. The molecule has 3 amide bonds. The lowest BCUT2D eigenvalue weighted by atomic mass is 10.0. The molecule has 6 nitrogen and oxygen atoms in total. The Labute approximate surface area is 159 Å². The lowest BCUT2D eigenvalue weighted by Crippen LogP contribution is -2.39. The molecule has 2 N–H and O–H groups in total. The number of methoxy groups -OCH3 is 1. The van der Waals surface area contributed by atoms with Crippen LogP contribution >= 0.6 is 0 Å². The minimum absolute atomic E-state index is 0.0531. The fraction of sp³-hybridized carbons (Fsp3) is 0.333. The van der Waals surface area contributed by atoms with Crippen LogP contribution in [0.3, 0.4) is 0 Å². The fourth-order valence-electron chi connectivity index (χ4n) is 3.45. The van der Waals surface area contributed by atoms with Crippen molar-refractivity contribution in [1.82, 2.24) is 15.5 Å². The Kier molecular flexibility index (Phi) is 5.96. The molecule has 0 spiro atoms. The summed E-state index contributed by atoms with van der Waals surface area (Å²) in [6, 6.07) is 15.1. The first-order chi connectivity index (χ1) is 13.1. The number of urea groups is 1. The van der Waals surface area contributed by atoms with Gasteiger partial charge in [-0.15, -0.1) is 0 Å². The zero-order valence-electron chi connectivity index (χ0n) is 15.7. The zero-order chi connectivity index (χ0) is 19.2. The summed E-state index contributed by atoms with van der Waals surface area (Å²) in [6.45, 7) is 1.11. The van der Waals surface area contributed by atoms with Crippen molar-refractivity contribution < 1.29 is 14.3 Å². The van der Waals surface area contributed by atoms with E-state index in [4.69, 9.17) is 4.74 Å². The number of carbonyl (C=O) groups excluding carboxylic acids is 2. The van der Waals surface area contributed by atoms with E-state index in [1.807, 2.05) is 41.3 Å². The van der Waals surface area contributed by atoms with Crippen LogP contribution in [0.1, 0.15) is 40.4 Å². The third-order valence-corrected chi connectivity index (χ3v) is 4.85. The predicted octanol–water partition coefficient (Wildman–Crippen LogP) is 3.10. The van der Waals surface area contributed by atoms with Gasteiger partial charge < -0.3 is 20.3 Å². The lowest BCUT2D eigenvalue weighted by molar-refractivity contribution is 0.0963. The Morgan fingerprint density at radius 1 is 1.19 bits per heavy atom. The lowest BCUT2D eigenvalue weighted by Gasteiger charge is -2.25. The molecule has 0 saturated carbocycles. The predicted molar refractivity (Wildman–Crippen MR) is 104 cm³/mol. The van der Waals surface area contributed by atoms with E-state index in [2.05, 4.69) is 10.6 Å². The van der Waals surface area contributed by atoms with Gasteiger partial charge in [0.25, 0.3) is 5.91 Å². The minimum atomic E-state index is -0.138. The van der Waals surface area contributed by atoms with Crippen molar-refractivity contribution in [3.63, 3.8) is 0 Å². The van der Waals surface area contributed by atoms with Crippen molar-refractivity contribution >= 4 is 11.9 Å². The first-order valence-electron chi connectivity index (χ1n) is 9.12. The van der Waals surface area contributed by atoms with Crippen molar-refractivity contribution in [3.8, 4) is 5.75 Å². The van der Waals surface area contributed by atoms with E-state index >= 15 is 0 Å². The maximum atomic E-state index is 12.7. The van der Waals surface area contributed by atoms with Gasteiger partial charge in [0.1, 0.15) is 5.75 Å². The molecule has 1 atom stereocenters. The van der Waals surface area contributed by atoms with E-state index in [9.17, 15) is 9.59 Å². The Hall–Kier alpha value is -3.02. The Morgan fingerprint density at radius 3 is 2.78 bits per heavy atom. The van der Waals surface area contributed by atoms with E-state index in [1.54, 1.807) is 26.3 Å². The molecule has 1 saturated heterocycles. The number of nitrogens with one attached hydrogen (secondary N) is 2. The van der Waals surface area contributed by atoms with Crippen molar-refractivity contribution in [2.24, 2.45) is 0 Å². The van der Waals surface area contributed by atoms with Crippen LogP contribution in [0.15, 0.2) is 48.5 Å². The molecule has 1 aliphatic heterocycles. The molecule has 2 aromatic carbocycles. The van der Waals surface area contributed by atoms with E-state index in [0.29, 0.717) is 12.1 Å². The van der Waals surface area contributed by atoms with Crippen molar-refractivity contribution in [2.45, 2.75) is 25.4 Å². The van der Waals surface area contributed by atoms with Gasteiger partial charge in [-0.3, -0.25) is 4.79 Å². The summed E-state index contributed by atoms with van der Waals surface area (Å²) in [5, 5.41) is 5.58. The van der Waals surface area contributed by atoms with Gasteiger partial charge >= 0.3 is 6.03 Å². The number of hydrogen-bond donors (Lipinski definition) is 2. The monoisotopic (exact) mass is 367 g/mol. The van der Waals surface area contributed by atoms with Crippen LogP contribution in [0.2, 0.25) is 0 Å². The van der Waals surface area contributed by atoms with Crippen molar-refractivity contribution in [1.29, 1.82) is 0 Å². The molecule has 3 rings (SSSR count). The van der Waals surface area contributed by atoms with Crippen LogP contribution in [-0.2, 0) is 6.54 Å². The van der Waals surface area contributed by atoms with Crippen molar-refractivity contribution in [2.75, 3.05) is 20.7 Å². The number of nitrogens with zero attached hydrogens (tertiary/aromatic N) is 1. The maximum absolute atomic E-state index is 12.7. The number of ether oxygens (including phenoxy) is 1. The normalized spacial score (nSPS) is 16.1. The number of hydrogen-bond acceptors (Lipinski definition) is 3. The second kappa shape index (κ2) is 8.58. The molecule has 142 valence electrons. The van der Waals surface area contributed by atoms with Gasteiger partial charge in [0.05, 0.1) is 13.2 Å². The van der Waals surface area contributed by atoms with Crippen LogP contribution in [0.25, 0.3) is 0 Å². The quantitative estimate of drug-likeness (QED) is 0.853. The average molecular weight is 367 g/mol. The molecule has 0 aliphatic carbocycles. The van der Waals surface area contributed by atoms with E-state index in [1.165, 1.54) is 0 Å². The van der Waals surface area contributed by atoms with Gasteiger partial charge in [-0.2, -0.15) is 0 Å². The summed E-state index contributed by atoms with van der Waals surface area (Å²) < 4.78 is 5.30. The number of carbonyl (C=O) groups is 2. The summed E-state index contributed by atoms with van der Waals surface area (Å²) in [5.41, 5.74) is 2.56. The Bertz CT molecular complexity index is 822. The summed E-state index contributed by atoms with van der Waals surface area (Å²) in [5.74, 6) is 0.659. The molecule has 0 radical (unpaired) electrons. The first kappa shape index (κ1) is 18.8. The van der Waals surface area contributed by atoms with Gasteiger partial charge in [0.15, 0.2) is 0 Å². The molecular weight excluding hydrogens is 342 g/mol. The standard InChI is InChI=1S/C21H25N3O3/c1-22-20(25)17-8-3-6-15(12-17)14-23-21(26)24-11-5-10-19(24)16-7-4-9-18(13-16)27-2/h3-4,6-9,12-13,19H,5,10-11,14H2,1-2H3,(H,22,25)(H,23,26). The maximum Gasteiger partial charge on any atom is 0.318 e. The summed E-state index contributed by atoms with van der Waals surface area (Å²) in [7, 11) is 3.24. The third kappa shape index (κ3) is 4.39. The van der Waals surface area contributed by atoms with E-state index in [-0.39, 0.29) is 18.0 Å². The van der Waals surface area contributed by atoms with Crippen LogP contribution in [0, 0.1) is 0 Å². The highest BCUT2D eigenvalue weighted by Gasteiger charge is 2.30. The highest BCUT2D eigenvalue weighted by atomic mass is 16.5. The summed E-state index contributed by atoms with van der Waals surface area (Å²) >= 11 is 0. The smallest absolute Gasteiger partial charge is 0.318 e. The second-order valence-electron chi connectivity index (χ2n) is 6.57. The first-order valence-corrected chi connectivity index (χ1v) is 9.12. The molecule has 0 bridgehead atoms. The zero-order valence-corrected chi connectivity index (χ0v) is 15.7. The highest BCUT2D eigenvalue weighted by Crippen LogP contribution is 2.33. The number of likely N-dealkylation sites (tertiary alicyclic amines) is 1. The number of amides is 3. The highest BCUT2D eigenvalue weighted by molar-refractivity contribution is 5.94. The van der Waals surface area contributed by atoms with E-state index in [0.717, 1.165) is 36.3 Å². The Morgan fingerprint density at radius 2 is 2.00 bits per heavy atom. The summed E-state index contributed by atoms with van der Waals surface area (Å²) in [6.07, 6.45) is 1.91. The number of rotatable bonds is 5. The molecule has 1 fully saturated rings. The van der Waals surface area contributed by atoms with Gasteiger partial charge in [0.2, 0.25) is 0 Å². The average Bonchev–Trinajstić information content (AvgIpc) is 3.21. The molecule has 0 aromatic heterocycles. The topological polar surface area (TPSA) is 70.7 Å².